The molecule has 1 aliphatic rings. The zero-order chi connectivity index (χ0) is 18.5. The first-order valence-electron chi connectivity index (χ1n) is 9.87. The van der Waals surface area contributed by atoms with Gasteiger partial charge in [-0.1, -0.05) is 37.5 Å². The fraction of sp³-hybridized carbons (Fsp3) is 0.391. The minimum atomic E-state index is 0.785. The zero-order valence-electron chi connectivity index (χ0n) is 15.9. The molecule has 0 unspecified atom stereocenters. The van der Waals surface area contributed by atoms with Crippen molar-refractivity contribution in [1.29, 1.82) is 0 Å². The van der Waals surface area contributed by atoms with Crippen LogP contribution in [0.25, 0.3) is 21.9 Å². The fourth-order valence-electron chi connectivity index (χ4n) is 3.56. The smallest absolute Gasteiger partial charge is 0.135 e. The molecule has 0 atom stereocenters. The summed E-state index contributed by atoms with van der Waals surface area (Å²) >= 11 is 1.98. The summed E-state index contributed by atoms with van der Waals surface area (Å²) in [5.74, 6) is 2.05. The van der Waals surface area contributed by atoms with Crippen LogP contribution in [0.15, 0.2) is 58.0 Å². The lowest BCUT2D eigenvalue weighted by atomic mass is 10.1. The van der Waals surface area contributed by atoms with Crippen molar-refractivity contribution in [2.75, 3.05) is 19.5 Å². The van der Waals surface area contributed by atoms with Gasteiger partial charge in [0.15, 0.2) is 0 Å². The van der Waals surface area contributed by atoms with Crippen LogP contribution in [-0.2, 0) is 0 Å². The number of rotatable bonds is 9. The van der Waals surface area contributed by atoms with Crippen molar-refractivity contribution in [3.8, 4) is 5.75 Å². The maximum Gasteiger partial charge on any atom is 0.135 e. The largest absolute Gasteiger partial charge is 0.494 e. The summed E-state index contributed by atoms with van der Waals surface area (Å²) < 4.78 is 11.8. The van der Waals surface area contributed by atoms with Crippen LogP contribution in [0.5, 0.6) is 5.75 Å². The van der Waals surface area contributed by atoms with E-state index in [4.69, 9.17) is 9.15 Å². The summed E-state index contributed by atoms with van der Waals surface area (Å²) in [7, 11) is 2.15. The Morgan fingerprint density at radius 2 is 1.78 bits per heavy atom. The lowest BCUT2D eigenvalue weighted by Crippen LogP contribution is -2.02. The van der Waals surface area contributed by atoms with E-state index >= 15 is 0 Å². The van der Waals surface area contributed by atoms with E-state index in [1.54, 1.807) is 4.91 Å². The number of hydrogen-bond acceptors (Lipinski definition) is 4. The molecule has 0 amide bonds. The predicted octanol–water partition coefficient (Wildman–Crippen LogP) is 6.78. The molecular weight excluding hydrogens is 354 g/mol. The highest BCUT2D eigenvalue weighted by molar-refractivity contribution is 8.03. The molecule has 0 radical (unpaired) electrons. The normalized spacial score (nSPS) is 14.3. The number of unbranched alkanes of at least 4 members (excludes halogenated alkanes) is 4. The predicted molar refractivity (Wildman–Crippen MR) is 115 cm³/mol. The van der Waals surface area contributed by atoms with E-state index in [1.165, 1.54) is 32.1 Å². The molecule has 0 saturated carbocycles. The molecule has 4 heteroatoms. The molecular formula is C23H27NO2S. The standard InChI is InChI=1S/C23H27NO2S/c1-24-16-19(27-17-24)9-5-3-2-4-8-14-25-18-12-13-23-21(15-18)20-10-6-7-11-22(20)26-23/h6-7,10-13,15-16H,2-5,8-9,14,17H2,1H3. The quantitative estimate of drug-likeness (QED) is 0.381. The van der Waals surface area contributed by atoms with Gasteiger partial charge in [0.2, 0.25) is 0 Å². The molecule has 0 aliphatic carbocycles. The molecule has 3 nitrogen and oxygen atoms in total. The molecule has 2 heterocycles. The Hall–Kier alpha value is -2.07. The second kappa shape index (κ2) is 8.75. The Bertz CT molecular complexity index is 930. The average Bonchev–Trinajstić information content (AvgIpc) is 3.27. The molecule has 0 spiro atoms. The molecule has 0 saturated heterocycles. The van der Waals surface area contributed by atoms with Gasteiger partial charge in [0.25, 0.3) is 0 Å². The van der Waals surface area contributed by atoms with Crippen LogP contribution >= 0.6 is 11.8 Å². The first kappa shape index (κ1) is 18.3. The zero-order valence-corrected chi connectivity index (χ0v) is 16.8. The maximum atomic E-state index is 5.97. The number of para-hydroxylation sites is 1. The highest BCUT2D eigenvalue weighted by atomic mass is 32.2. The minimum absolute atomic E-state index is 0.785. The van der Waals surface area contributed by atoms with Crippen LogP contribution in [-0.4, -0.2) is 24.4 Å². The van der Waals surface area contributed by atoms with Crippen molar-refractivity contribution < 1.29 is 9.15 Å². The molecule has 3 aromatic rings. The van der Waals surface area contributed by atoms with Gasteiger partial charge in [-0.15, -0.1) is 11.8 Å². The Kier molecular flexibility index (Phi) is 5.93. The Morgan fingerprint density at radius 1 is 0.963 bits per heavy atom. The molecule has 1 aromatic heterocycles. The summed E-state index contributed by atoms with van der Waals surface area (Å²) in [4.78, 5) is 3.81. The Labute approximate surface area is 165 Å². The molecule has 0 fully saturated rings. The number of ether oxygens (including phenoxy) is 1. The molecule has 0 bridgehead atoms. The summed E-state index contributed by atoms with van der Waals surface area (Å²) in [5, 5.41) is 2.28. The van der Waals surface area contributed by atoms with Crippen molar-refractivity contribution in [3.63, 3.8) is 0 Å². The summed E-state index contributed by atoms with van der Waals surface area (Å²) in [5.41, 5.74) is 1.85. The highest BCUT2D eigenvalue weighted by Gasteiger charge is 2.09. The molecule has 4 rings (SSSR count). The number of allylic oxidation sites excluding steroid dienone is 1. The van der Waals surface area contributed by atoms with Gasteiger partial charge in [-0.25, -0.2) is 0 Å². The average molecular weight is 382 g/mol. The first-order valence-corrected chi connectivity index (χ1v) is 10.9. The topological polar surface area (TPSA) is 25.6 Å². The van der Waals surface area contributed by atoms with Crippen LogP contribution in [0.3, 0.4) is 0 Å². The third kappa shape index (κ3) is 4.62. The molecule has 27 heavy (non-hydrogen) atoms. The lowest BCUT2D eigenvalue weighted by molar-refractivity contribution is 0.305. The van der Waals surface area contributed by atoms with E-state index in [9.17, 15) is 0 Å². The minimum Gasteiger partial charge on any atom is -0.494 e. The summed E-state index contributed by atoms with van der Waals surface area (Å²) in [6.45, 7) is 0.785. The van der Waals surface area contributed by atoms with Gasteiger partial charge in [0.1, 0.15) is 16.9 Å². The lowest BCUT2D eigenvalue weighted by Gasteiger charge is -2.06. The Balaban J connectivity index is 1.17. The second-order valence-corrected chi connectivity index (χ2v) is 8.32. The maximum absolute atomic E-state index is 5.97. The van der Waals surface area contributed by atoms with Gasteiger partial charge < -0.3 is 14.1 Å². The van der Waals surface area contributed by atoms with Gasteiger partial charge in [-0.3, -0.25) is 0 Å². The van der Waals surface area contributed by atoms with Crippen molar-refractivity contribution >= 4 is 33.7 Å². The molecule has 0 N–H and O–H groups in total. The number of furan rings is 1. The van der Waals surface area contributed by atoms with Gasteiger partial charge in [0.05, 0.1) is 12.5 Å². The van der Waals surface area contributed by atoms with E-state index < -0.39 is 0 Å². The number of nitrogens with zero attached hydrogens (tertiary/aromatic N) is 1. The Morgan fingerprint density at radius 3 is 2.67 bits per heavy atom. The van der Waals surface area contributed by atoms with Gasteiger partial charge in [-0.2, -0.15) is 0 Å². The molecule has 2 aromatic carbocycles. The van der Waals surface area contributed by atoms with Crippen LogP contribution < -0.4 is 4.74 Å². The highest BCUT2D eigenvalue weighted by Crippen LogP contribution is 2.31. The number of fused-ring (bicyclic) bond motifs is 3. The molecule has 142 valence electrons. The van der Waals surface area contributed by atoms with Crippen LogP contribution in [0.4, 0.5) is 0 Å². The molecule has 1 aliphatic heterocycles. The summed E-state index contributed by atoms with van der Waals surface area (Å²) in [6, 6.07) is 14.3. The third-order valence-corrected chi connectivity index (χ3v) is 6.22. The number of thioether (sulfide) groups is 1. The van der Waals surface area contributed by atoms with E-state index in [1.807, 2.05) is 42.1 Å². The second-order valence-electron chi connectivity index (χ2n) is 7.25. The number of hydrogen-bond donors (Lipinski definition) is 0. The van der Waals surface area contributed by atoms with E-state index in [0.29, 0.717) is 0 Å². The SMILES string of the molecule is CN1C=C(CCCCCCCOc2ccc3oc4ccccc4c3c2)SC1. The van der Waals surface area contributed by atoms with Crippen LogP contribution in [0.1, 0.15) is 38.5 Å². The van der Waals surface area contributed by atoms with E-state index in [-0.39, 0.29) is 0 Å². The van der Waals surface area contributed by atoms with Gasteiger partial charge in [-0.05, 0) is 43.5 Å². The number of benzene rings is 2. The van der Waals surface area contributed by atoms with Crippen molar-refractivity contribution in [2.24, 2.45) is 0 Å². The first-order chi connectivity index (χ1) is 13.3. The monoisotopic (exact) mass is 381 g/mol. The summed E-state index contributed by atoms with van der Waals surface area (Å²) in [6.07, 6.45) is 9.80. The van der Waals surface area contributed by atoms with E-state index in [2.05, 4.69) is 30.3 Å². The van der Waals surface area contributed by atoms with Crippen LogP contribution in [0, 0.1) is 0 Å². The van der Waals surface area contributed by atoms with Crippen LogP contribution in [0.2, 0.25) is 0 Å². The fourth-order valence-corrected chi connectivity index (χ4v) is 4.55. The van der Waals surface area contributed by atoms with Crippen molar-refractivity contribution in [3.05, 3.63) is 53.6 Å². The third-order valence-electron chi connectivity index (χ3n) is 5.00. The van der Waals surface area contributed by atoms with Crippen molar-refractivity contribution in [1.82, 2.24) is 4.90 Å². The van der Waals surface area contributed by atoms with E-state index in [0.717, 1.165) is 46.6 Å². The van der Waals surface area contributed by atoms with Gasteiger partial charge >= 0.3 is 0 Å². The van der Waals surface area contributed by atoms with Gasteiger partial charge in [0, 0.05) is 28.9 Å². The van der Waals surface area contributed by atoms with Crippen molar-refractivity contribution in [2.45, 2.75) is 38.5 Å².